The van der Waals surface area contributed by atoms with Crippen LogP contribution in [0.2, 0.25) is 0 Å². The average molecular weight is 422 g/mol. The number of hydrogen-bond acceptors (Lipinski definition) is 5. The lowest BCUT2D eigenvalue weighted by Gasteiger charge is -2.31. The molecule has 1 N–H and O–H groups in total. The van der Waals surface area contributed by atoms with Gasteiger partial charge in [-0.2, -0.15) is 0 Å². The van der Waals surface area contributed by atoms with E-state index in [1.54, 1.807) is 0 Å². The van der Waals surface area contributed by atoms with Crippen molar-refractivity contribution >= 4 is 29.1 Å². The smallest absolute Gasteiger partial charge is 0.293 e. The van der Waals surface area contributed by atoms with Crippen molar-refractivity contribution in [2.45, 2.75) is 31.6 Å². The Bertz CT molecular complexity index is 1060. The predicted octanol–water partition coefficient (Wildman–Crippen LogP) is 2.87. The molecule has 1 aliphatic heterocycles. The Hall–Kier alpha value is -3.75. The quantitative estimate of drug-likeness (QED) is 0.588. The number of benzene rings is 2. The Morgan fingerprint density at radius 1 is 1.03 bits per heavy atom. The number of rotatable bonds is 5. The Labute approximate surface area is 178 Å². The van der Waals surface area contributed by atoms with Gasteiger partial charge < -0.3 is 5.32 Å². The highest BCUT2D eigenvalue weighted by Gasteiger charge is 2.54. The number of nitrogens with one attached hydrogen (secondary N) is 1. The number of nitro benzene ring substituents is 1. The van der Waals surface area contributed by atoms with Crippen molar-refractivity contribution in [2.75, 3.05) is 18.4 Å². The number of hydrogen-bond donors (Lipinski definition) is 1. The van der Waals surface area contributed by atoms with Crippen LogP contribution in [0.1, 0.15) is 42.1 Å². The minimum absolute atomic E-state index is 0.0180. The Balaban J connectivity index is 1.60. The van der Waals surface area contributed by atoms with Gasteiger partial charge in [0, 0.05) is 31.6 Å². The highest BCUT2D eigenvalue weighted by molar-refractivity contribution is 6.00. The van der Waals surface area contributed by atoms with Crippen LogP contribution in [-0.2, 0) is 15.0 Å². The summed E-state index contributed by atoms with van der Waals surface area (Å²) in [7, 11) is 0. The van der Waals surface area contributed by atoms with E-state index < -0.39 is 22.2 Å². The van der Waals surface area contributed by atoms with E-state index >= 15 is 0 Å². The zero-order chi connectivity index (χ0) is 22.2. The van der Waals surface area contributed by atoms with E-state index in [0.717, 1.165) is 24.5 Å². The molecule has 1 saturated carbocycles. The SMILES string of the molecule is CC(=O)Nc1ccc(C(=O)N2CCCN2C(=O)C2(c3ccccc3)CC2)cc1[N+](=O)[O-]. The molecular weight excluding hydrogens is 400 g/mol. The molecule has 0 aromatic heterocycles. The van der Waals surface area contributed by atoms with E-state index in [-0.39, 0.29) is 22.8 Å². The summed E-state index contributed by atoms with van der Waals surface area (Å²) < 4.78 is 0. The maximum absolute atomic E-state index is 13.4. The minimum Gasteiger partial charge on any atom is -0.321 e. The molecule has 31 heavy (non-hydrogen) atoms. The molecule has 2 aromatic carbocycles. The van der Waals surface area contributed by atoms with Crippen LogP contribution in [0.4, 0.5) is 11.4 Å². The molecule has 4 rings (SSSR count). The average Bonchev–Trinajstić information content (AvgIpc) is 3.43. The number of carbonyl (C=O) groups is 3. The van der Waals surface area contributed by atoms with E-state index in [2.05, 4.69) is 5.32 Å². The van der Waals surface area contributed by atoms with Crippen LogP contribution in [0, 0.1) is 10.1 Å². The summed E-state index contributed by atoms with van der Waals surface area (Å²) in [5, 5.41) is 16.7. The van der Waals surface area contributed by atoms with Crippen molar-refractivity contribution in [1.82, 2.24) is 10.0 Å². The molecular formula is C22H22N4O5. The van der Waals surface area contributed by atoms with Crippen molar-refractivity contribution in [3.05, 3.63) is 69.8 Å². The summed E-state index contributed by atoms with van der Waals surface area (Å²) in [6.45, 7) is 2.03. The Morgan fingerprint density at radius 2 is 1.71 bits per heavy atom. The minimum atomic E-state index is -0.649. The van der Waals surface area contributed by atoms with Gasteiger partial charge in [0.15, 0.2) is 0 Å². The van der Waals surface area contributed by atoms with Gasteiger partial charge in [0.25, 0.3) is 17.5 Å². The van der Waals surface area contributed by atoms with Gasteiger partial charge in [-0.15, -0.1) is 0 Å². The van der Waals surface area contributed by atoms with E-state index in [0.29, 0.717) is 19.5 Å². The molecule has 1 heterocycles. The van der Waals surface area contributed by atoms with Gasteiger partial charge in [-0.3, -0.25) is 29.5 Å². The summed E-state index contributed by atoms with van der Waals surface area (Å²) >= 11 is 0. The highest BCUT2D eigenvalue weighted by Crippen LogP contribution is 2.50. The van der Waals surface area contributed by atoms with Gasteiger partial charge in [0.1, 0.15) is 5.69 Å². The lowest BCUT2D eigenvalue weighted by atomic mass is 9.95. The number of carbonyl (C=O) groups excluding carboxylic acids is 3. The first kappa shape index (κ1) is 20.5. The molecule has 2 fully saturated rings. The monoisotopic (exact) mass is 422 g/mol. The predicted molar refractivity (Wildman–Crippen MR) is 112 cm³/mol. The van der Waals surface area contributed by atoms with Crippen LogP contribution in [0.3, 0.4) is 0 Å². The van der Waals surface area contributed by atoms with Crippen molar-refractivity contribution in [2.24, 2.45) is 0 Å². The first-order valence-corrected chi connectivity index (χ1v) is 10.1. The summed E-state index contributed by atoms with van der Waals surface area (Å²) in [6, 6.07) is 13.4. The van der Waals surface area contributed by atoms with Gasteiger partial charge in [-0.05, 0) is 37.0 Å². The first-order valence-electron chi connectivity index (χ1n) is 10.1. The van der Waals surface area contributed by atoms with Gasteiger partial charge >= 0.3 is 0 Å². The van der Waals surface area contributed by atoms with Crippen molar-refractivity contribution in [3.63, 3.8) is 0 Å². The first-order chi connectivity index (χ1) is 14.8. The summed E-state index contributed by atoms with van der Waals surface area (Å²) in [6.07, 6.45) is 2.09. The number of nitro groups is 1. The zero-order valence-corrected chi connectivity index (χ0v) is 17.0. The molecule has 2 aliphatic rings. The summed E-state index contributed by atoms with van der Waals surface area (Å²) in [5.74, 6) is -1.05. The molecule has 0 radical (unpaired) electrons. The van der Waals surface area contributed by atoms with E-state index in [9.17, 15) is 24.5 Å². The Morgan fingerprint density at radius 3 is 2.32 bits per heavy atom. The molecule has 0 spiro atoms. The standard InChI is InChI=1S/C22H22N4O5/c1-15(27)23-18-9-8-16(14-19(18)26(30)31)20(28)24-12-5-13-25(24)21(29)22(10-11-22)17-6-3-2-4-7-17/h2-4,6-9,14H,5,10-13H2,1H3,(H,23,27). The molecule has 2 aromatic rings. The van der Waals surface area contributed by atoms with Crippen LogP contribution in [0.15, 0.2) is 48.5 Å². The van der Waals surface area contributed by atoms with E-state index in [1.165, 1.54) is 29.1 Å². The molecule has 0 bridgehead atoms. The van der Waals surface area contributed by atoms with Gasteiger partial charge in [0.2, 0.25) is 5.91 Å². The summed E-state index contributed by atoms with van der Waals surface area (Å²) in [5.41, 5.74) is 0.0657. The summed E-state index contributed by atoms with van der Waals surface area (Å²) in [4.78, 5) is 48.7. The van der Waals surface area contributed by atoms with Crippen LogP contribution in [0.5, 0.6) is 0 Å². The number of nitrogens with zero attached hydrogens (tertiary/aromatic N) is 3. The molecule has 160 valence electrons. The molecule has 0 atom stereocenters. The maximum Gasteiger partial charge on any atom is 0.293 e. The number of amides is 3. The molecule has 1 aliphatic carbocycles. The third-order valence-corrected chi connectivity index (χ3v) is 5.74. The van der Waals surface area contributed by atoms with Gasteiger partial charge in [-0.25, -0.2) is 5.01 Å². The van der Waals surface area contributed by atoms with Crippen LogP contribution in [-0.4, -0.2) is 45.8 Å². The third kappa shape index (κ3) is 3.74. The third-order valence-electron chi connectivity index (χ3n) is 5.74. The number of hydrazine groups is 1. The molecule has 9 heteroatoms. The fraction of sp³-hybridized carbons (Fsp3) is 0.318. The van der Waals surface area contributed by atoms with E-state index in [1.807, 2.05) is 30.3 Å². The van der Waals surface area contributed by atoms with Crippen LogP contribution in [0.25, 0.3) is 0 Å². The normalized spacial score (nSPS) is 16.7. The van der Waals surface area contributed by atoms with Crippen molar-refractivity contribution in [1.29, 1.82) is 0 Å². The molecule has 3 amide bonds. The second-order valence-corrected chi connectivity index (χ2v) is 7.83. The molecule has 1 saturated heterocycles. The lowest BCUT2D eigenvalue weighted by Crippen LogP contribution is -2.48. The van der Waals surface area contributed by atoms with Gasteiger partial charge in [0.05, 0.1) is 10.3 Å². The van der Waals surface area contributed by atoms with Gasteiger partial charge in [-0.1, -0.05) is 30.3 Å². The zero-order valence-electron chi connectivity index (χ0n) is 17.0. The van der Waals surface area contributed by atoms with Crippen LogP contribution < -0.4 is 5.32 Å². The maximum atomic E-state index is 13.4. The largest absolute Gasteiger partial charge is 0.321 e. The van der Waals surface area contributed by atoms with Crippen molar-refractivity contribution < 1.29 is 19.3 Å². The second kappa shape index (κ2) is 7.82. The van der Waals surface area contributed by atoms with Crippen LogP contribution >= 0.6 is 0 Å². The van der Waals surface area contributed by atoms with Crippen molar-refractivity contribution in [3.8, 4) is 0 Å². The topological polar surface area (TPSA) is 113 Å². The van der Waals surface area contributed by atoms with E-state index in [4.69, 9.17) is 0 Å². The lowest BCUT2D eigenvalue weighted by molar-refractivity contribution is -0.384. The fourth-order valence-corrected chi connectivity index (χ4v) is 4.05. The second-order valence-electron chi connectivity index (χ2n) is 7.83. The number of anilines is 1. The fourth-order valence-electron chi connectivity index (χ4n) is 4.05. The Kier molecular flexibility index (Phi) is 5.18. The molecule has 9 nitrogen and oxygen atoms in total. The highest BCUT2D eigenvalue weighted by atomic mass is 16.6. The molecule has 0 unspecified atom stereocenters.